The first-order valence-electron chi connectivity index (χ1n) is 11.1. The molecule has 2 atom stereocenters. The number of rotatable bonds is 10. The minimum absolute atomic E-state index is 0.139. The van der Waals surface area contributed by atoms with Gasteiger partial charge in [-0.05, 0) is 47.4 Å². The van der Waals surface area contributed by atoms with Gasteiger partial charge in [-0.1, -0.05) is 59.8 Å². The molecule has 0 amide bonds. The van der Waals surface area contributed by atoms with Crippen LogP contribution in [0.15, 0.2) is 84.0 Å². The molecule has 0 spiro atoms. The Balaban J connectivity index is 1.42. The molecule has 1 heterocycles. The Labute approximate surface area is 194 Å². The van der Waals surface area contributed by atoms with Crippen molar-refractivity contribution in [1.29, 1.82) is 0 Å². The number of halogens is 1. The molecule has 0 radical (unpaired) electrons. The minimum atomic E-state index is -0.517. The van der Waals surface area contributed by atoms with Crippen LogP contribution < -0.4 is 4.74 Å². The van der Waals surface area contributed by atoms with E-state index in [0.29, 0.717) is 32.5 Å². The van der Waals surface area contributed by atoms with Crippen LogP contribution in [0.4, 0.5) is 4.39 Å². The highest BCUT2D eigenvalue weighted by Gasteiger charge is 2.26. The van der Waals surface area contributed by atoms with E-state index in [4.69, 9.17) is 9.57 Å². The zero-order valence-electron chi connectivity index (χ0n) is 18.7. The van der Waals surface area contributed by atoms with Crippen molar-refractivity contribution in [3.05, 3.63) is 101 Å². The van der Waals surface area contributed by atoms with Crippen molar-refractivity contribution >= 4 is 5.71 Å². The van der Waals surface area contributed by atoms with Crippen LogP contribution in [0, 0.1) is 5.82 Å². The van der Waals surface area contributed by atoms with Gasteiger partial charge in [0, 0.05) is 26.1 Å². The van der Waals surface area contributed by atoms with Gasteiger partial charge in [-0.2, -0.15) is 0 Å². The second-order valence-corrected chi connectivity index (χ2v) is 8.37. The molecule has 3 aromatic rings. The van der Waals surface area contributed by atoms with Crippen LogP contribution in [0.5, 0.6) is 5.75 Å². The zero-order valence-corrected chi connectivity index (χ0v) is 18.7. The number of benzene rings is 3. The SMILES string of the molecule is COc1cccc(CN(C[C@@H](O)Cc2ccccc2)C[C@@H]2CC(c3ccc(F)cc3)=NO2)c1. The maximum Gasteiger partial charge on any atom is 0.145 e. The summed E-state index contributed by atoms with van der Waals surface area (Å²) in [5.41, 5.74) is 3.87. The Bertz CT molecular complexity index is 1060. The number of ether oxygens (including phenoxy) is 1. The fraction of sp³-hybridized carbons (Fsp3) is 0.296. The molecule has 1 N–H and O–H groups in total. The third-order valence-electron chi connectivity index (χ3n) is 5.70. The summed E-state index contributed by atoms with van der Waals surface area (Å²) in [4.78, 5) is 7.90. The molecule has 0 unspecified atom stereocenters. The van der Waals surface area contributed by atoms with Gasteiger partial charge in [0.25, 0.3) is 0 Å². The van der Waals surface area contributed by atoms with E-state index in [-0.39, 0.29) is 11.9 Å². The fourth-order valence-electron chi connectivity index (χ4n) is 4.11. The lowest BCUT2D eigenvalue weighted by atomic mass is 10.0. The molecular weight excluding hydrogens is 419 g/mol. The van der Waals surface area contributed by atoms with Crippen LogP contribution in [-0.4, -0.2) is 48.1 Å². The standard InChI is InChI=1S/C27H29FN2O3/c1-32-25-9-5-8-21(15-25)17-30(18-24(31)14-20-6-3-2-4-7-20)19-26-16-27(29-33-26)22-10-12-23(28)13-11-22/h2-13,15,24,26,31H,14,16-19H2,1H3/t24-,26-/m0/s1. The molecule has 0 saturated heterocycles. The Morgan fingerprint density at radius 2 is 1.82 bits per heavy atom. The van der Waals surface area contributed by atoms with E-state index < -0.39 is 6.10 Å². The highest BCUT2D eigenvalue weighted by molar-refractivity contribution is 6.01. The summed E-state index contributed by atoms with van der Waals surface area (Å²) in [5.74, 6) is 0.531. The van der Waals surface area contributed by atoms with E-state index in [9.17, 15) is 9.50 Å². The maximum atomic E-state index is 13.3. The number of methoxy groups -OCH3 is 1. The third-order valence-corrected chi connectivity index (χ3v) is 5.70. The molecule has 1 aliphatic heterocycles. The molecular formula is C27H29FN2O3. The van der Waals surface area contributed by atoms with Gasteiger partial charge in [0.2, 0.25) is 0 Å². The van der Waals surface area contributed by atoms with Crippen LogP contribution in [0.25, 0.3) is 0 Å². The van der Waals surface area contributed by atoms with Crippen molar-refractivity contribution in [2.75, 3.05) is 20.2 Å². The summed E-state index contributed by atoms with van der Waals surface area (Å²) < 4.78 is 18.6. The summed E-state index contributed by atoms with van der Waals surface area (Å²) in [5, 5.41) is 15.0. The lowest BCUT2D eigenvalue weighted by molar-refractivity contribution is 0.0322. The second kappa shape index (κ2) is 11.1. The third kappa shape index (κ3) is 6.63. The van der Waals surface area contributed by atoms with Crippen LogP contribution in [0.2, 0.25) is 0 Å². The van der Waals surface area contributed by atoms with E-state index >= 15 is 0 Å². The molecule has 33 heavy (non-hydrogen) atoms. The first-order valence-corrected chi connectivity index (χ1v) is 11.1. The Hall–Kier alpha value is -3.22. The molecule has 0 aromatic heterocycles. The van der Waals surface area contributed by atoms with E-state index in [1.807, 2.05) is 48.5 Å². The predicted octanol–water partition coefficient (Wildman–Crippen LogP) is 4.43. The van der Waals surface area contributed by atoms with Gasteiger partial charge >= 0.3 is 0 Å². The molecule has 0 aliphatic carbocycles. The summed E-state index contributed by atoms with van der Waals surface area (Å²) in [6, 6.07) is 24.2. The van der Waals surface area contributed by atoms with Crippen molar-refractivity contribution < 1.29 is 19.1 Å². The number of aliphatic hydroxyl groups is 1. The topological polar surface area (TPSA) is 54.3 Å². The van der Waals surface area contributed by atoms with Gasteiger partial charge < -0.3 is 14.7 Å². The molecule has 0 fully saturated rings. The number of hydrogen-bond acceptors (Lipinski definition) is 5. The number of aliphatic hydroxyl groups excluding tert-OH is 1. The van der Waals surface area contributed by atoms with Gasteiger partial charge in [0.05, 0.1) is 18.9 Å². The highest BCUT2D eigenvalue weighted by Crippen LogP contribution is 2.20. The van der Waals surface area contributed by atoms with Gasteiger partial charge in [-0.25, -0.2) is 4.39 Å². The maximum absolute atomic E-state index is 13.3. The molecule has 3 aromatic carbocycles. The lowest BCUT2D eigenvalue weighted by Crippen LogP contribution is -2.38. The van der Waals surface area contributed by atoms with Gasteiger partial charge in [0.1, 0.15) is 17.7 Å². The normalized spacial score (nSPS) is 16.4. The zero-order chi connectivity index (χ0) is 23.0. The second-order valence-electron chi connectivity index (χ2n) is 8.37. The first kappa shape index (κ1) is 23.0. The average molecular weight is 449 g/mol. The molecule has 1 aliphatic rings. The summed E-state index contributed by atoms with van der Waals surface area (Å²) in [7, 11) is 1.65. The molecule has 0 bridgehead atoms. The highest BCUT2D eigenvalue weighted by atomic mass is 19.1. The summed E-state index contributed by atoms with van der Waals surface area (Å²) in [6.45, 7) is 1.75. The summed E-state index contributed by atoms with van der Waals surface area (Å²) >= 11 is 0. The molecule has 4 rings (SSSR count). The average Bonchev–Trinajstić information content (AvgIpc) is 3.28. The Morgan fingerprint density at radius 1 is 1.06 bits per heavy atom. The fourth-order valence-corrected chi connectivity index (χ4v) is 4.11. The molecule has 172 valence electrons. The van der Waals surface area contributed by atoms with Crippen LogP contribution >= 0.6 is 0 Å². The van der Waals surface area contributed by atoms with Crippen molar-refractivity contribution in [3.63, 3.8) is 0 Å². The smallest absolute Gasteiger partial charge is 0.145 e. The number of hydrogen-bond donors (Lipinski definition) is 1. The van der Waals surface area contributed by atoms with Crippen molar-refractivity contribution in [2.45, 2.75) is 31.6 Å². The van der Waals surface area contributed by atoms with Crippen molar-refractivity contribution in [1.82, 2.24) is 4.90 Å². The van der Waals surface area contributed by atoms with Crippen LogP contribution in [-0.2, 0) is 17.8 Å². The van der Waals surface area contributed by atoms with E-state index in [0.717, 1.165) is 28.2 Å². The summed E-state index contributed by atoms with van der Waals surface area (Å²) in [6.07, 6.45) is 0.560. The molecule has 5 nitrogen and oxygen atoms in total. The molecule has 0 saturated carbocycles. The van der Waals surface area contributed by atoms with E-state index in [1.165, 1.54) is 12.1 Å². The van der Waals surface area contributed by atoms with E-state index in [2.05, 4.69) is 16.1 Å². The molecule has 6 heteroatoms. The van der Waals surface area contributed by atoms with Crippen LogP contribution in [0.1, 0.15) is 23.1 Å². The first-order chi connectivity index (χ1) is 16.1. The number of nitrogens with zero attached hydrogens (tertiary/aromatic N) is 2. The van der Waals surface area contributed by atoms with Gasteiger partial charge in [0.15, 0.2) is 0 Å². The largest absolute Gasteiger partial charge is 0.497 e. The minimum Gasteiger partial charge on any atom is -0.497 e. The van der Waals surface area contributed by atoms with E-state index in [1.54, 1.807) is 19.2 Å². The van der Waals surface area contributed by atoms with Gasteiger partial charge in [-0.3, -0.25) is 4.90 Å². The van der Waals surface area contributed by atoms with Crippen LogP contribution in [0.3, 0.4) is 0 Å². The van der Waals surface area contributed by atoms with Crippen molar-refractivity contribution in [3.8, 4) is 5.75 Å². The monoisotopic (exact) mass is 448 g/mol. The number of oxime groups is 1. The predicted molar refractivity (Wildman–Crippen MR) is 127 cm³/mol. The quantitative estimate of drug-likeness (QED) is 0.499. The van der Waals surface area contributed by atoms with Gasteiger partial charge in [-0.15, -0.1) is 0 Å². The van der Waals surface area contributed by atoms with Crippen molar-refractivity contribution in [2.24, 2.45) is 5.16 Å². The Kier molecular flexibility index (Phi) is 7.70. The lowest BCUT2D eigenvalue weighted by Gasteiger charge is -2.27. The Morgan fingerprint density at radius 3 is 2.58 bits per heavy atom.